The summed E-state index contributed by atoms with van der Waals surface area (Å²) in [5.41, 5.74) is 4.42. The number of benzene rings is 3. The summed E-state index contributed by atoms with van der Waals surface area (Å²) in [6.07, 6.45) is 0. The Labute approximate surface area is 231 Å². The summed E-state index contributed by atoms with van der Waals surface area (Å²) in [6, 6.07) is 25.7. The van der Waals surface area contributed by atoms with Gasteiger partial charge in [-0.05, 0) is 33.8 Å². The first kappa shape index (κ1) is 25.0. The fourth-order valence-electron chi connectivity index (χ4n) is 4.38. The summed E-state index contributed by atoms with van der Waals surface area (Å²) in [5.74, 6) is 5.70. The number of rotatable bonds is 5. The molecule has 6 aromatic rings. The number of nitrogens with zero attached hydrogens (tertiary/aromatic N) is 9. The van der Waals surface area contributed by atoms with E-state index in [0.717, 1.165) is 27.8 Å². The van der Waals surface area contributed by atoms with E-state index >= 15 is 0 Å². The molecular formula is C31H25N9. The molecule has 0 N–H and O–H groups in total. The first-order valence-electron chi connectivity index (χ1n) is 12.8. The Bertz CT molecular complexity index is 1820. The summed E-state index contributed by atoms with van der Waals surface area (Å²) >= 11 is 0. The van der Waals surface area contributed by atoms with Gasteiger partial charge in [0.05, 0.1) is 0 Å². The molecular weight excluding hydrogens is 498 g/mol. The van der Waals surface area contributed by atoms with Crippen LogP contribution in [0.3, 0.4) is 0 Å². The lowest BCUT2D eigenvalue weighted by Crippen LogP contribution is -2.01. The van der Waals surface area contributed by atoms with Crippen LogP contribution in [-0.4, -0.2) is 44.9 Å². The zero-order valence-electron chi connectivity index (χ0n) is 22.5. The summed E-state index contributed by atoms with van der Waals surface area (Å²) in [5, 5.41) is 0. The third-order valence-electron chi connectivity index (χ3n) is 6.17. The quantitative estimate of drug-likeness (QED) is 0.276. The topological polar surface area (TPSA) is 116 Å². The second-order valence-electron chi connectivity index (χ2n) is 9.34. The van der Waals surface area contributed by atoms with Crippen molar-refractivity contribution in [2.45, 2.75) is 27.7 Å². The Morgan fingerprint density at radius 1 is 0.300 bits per heavy atom. The molecule has 0 aliphatic rings. The third-order valence-corrected chi connectivity index (χ3v) is 6.17. The highest BCUT2D eigenvalue weighted by Crippen LogP contribution is 2.26. The predicted octanol–water partition coefficient (Wildman–Crippen LogP) is 5.81. The van der Waals surface area contributed by atoms with Crippen LogP contribution in [0.4, 0.5) is 0 Å². The fraction of sp³-hybridized carbons (Fsp3) is 0.129. The molecule has 3 aromatic heterocycles. The van der Waals surface area contributed by atoms with E-state index in [4.69, 9.17) is 9.97 Å². The van der Waals surface area contributed by atoms with Gasteiger partial charge in [0, 0.05) is 27.8 Å². The standard InChI is InChI=1S/C31H25N9/c1-18-32-19(2)34-30(33-18)25-11-8-12-26(17-25)31-38-21(4)37-29(40-31)24-15-13-23(14-16-24)28-36-20(3)35-27(39-28)22-9-6-5-7-10-22/h5-17H,1-4H3. The van der Waals surface area contributed by atoms with Gasteiger partial charge >= 0.3 is 0 Å². The Morgan fingerprint density at radius 3 is 1.07 bits per heavy atom. The largest absolute Gasteiger partial charge is 0.219 e. The van der Waals surface area contributed by atoms with Gasteiger partial charge in [-0.15, -0.1) is 0 Å². The highest BCUT2D eigenvalue weighted by Gasteiger charge is 2.13. The average molecular weight is 524 g/mol. The molecule has 0 aliphatic heterocycles. The van der Waals surface area contributed by atoms with Crippen LogP contribution in [0.2, 0.25) is 0 Å². The Kier molecular flexibility index (Phi) is 6.53. The minimum absolute atomic E-state index is 0.580. The van der Waals surface area contributed by atoms with E-state index in [9.17, 15) is 0 Å². The zero-order valence-corrected chi connectivity index (χ0v) is 22.5. The smallest absolute Gasteiger partial charge is 0.163 e. The van der Waals surface area contributed by atoms with Crippen LogP contribution in [0.5, 0.6) is 0 Å². The molecule has 0 fully saturated rings. The van der Waals surface area contributed by atoms with Crippen LogP contribution in [0, 0.1) is 27.7 Å². The summed E-state index contributed by atoms with van der Waals surface area (Å²) in [7, 11) is 0. The van der Waals surface area contributed by atoms with Crippen molar-refractivity contribution in [2.75, 3.05) is 0 Å². The molecule has 0 aliphatic carbocycles. The maximum atomic E-state index is 4.80. The molecule has 9 heteroatoms. The van der Waals surface area contributed by atoms with E-state index in [2.05, 4.69) is 34.9 Å². The SMILES string of the molecule is Cc1nc(C)nc(-c2cccc(-c3nc(C)nc(-c4ccc(-c5nc(C)nc(-c6ccccc6)n5)cc4)n3)c2)n1. The molecule has 0 amide bonds. The minimum Gasteiger partial charge on any atom is -0.219 e. The van der Waals surface area contributed by atoms with Crippen molar-refractivity contribution in [3.05, 3.63) is 102 Å². The molecule has 9 nitrogen and oxygen atoms in total. The van der Waals surface area contributed by atoms with Gasteiger partial charge in [0.25, 0.3) is 0 Å². The number of aryl methyl sites for hydroxylation is 4. The van der Waals surface area contributed by atoms with Crippen molar-refractivity contribution in [3.8, 4) is 56.9 Å². The lowest BCUT2D eigenvalue weighted by molar-refractivity contribution is 0.928. The van der Waals surface area contributed by atoms with Gasteiger partial charge in [0.2, 0.25) is 0 Å². The second kappa shape index (κ2) is 10.5. The van der Waals surface area contributed by atoms with Crippen LogP contribution >= 0.6 is 0 Å². The Hall–Kier alpha value is -5.31. The molecule has 0 radical (unpaired) electrons. The summed E-state index contributed by atoms with van der Waals surface area (Å²) in [6.45, 7) is 7.46. The molecule has 194 valence electrons. The van der Waals surface area contributed by atoms with Crippen LogP contribution < -0.4 is 0 Å². The highest BCUT2D eigenvalue weighted by atomic mass is 15.0. The zero-order chi connectivity index (χ0) is 27.6. The second-order valence-corrected chi connectivity index (χ2v) is 9.34. The van der Waals surface area contributed by atoms with Crippen molar-refractivity contribution >= 4 is 0 Å². The monoisotopic (exact) mass is 523 g/mol. The molecule has 0 atom stereocenters. The van der Waals surface area contributed by atoms with Crippen LogP contribution in [0.15, 0.2) is 78.9 Å². The van der Waals surface area contributed by atoms with E-state index in [-0.39, 0.29) is 0 Å². The number of hydrogen-bond acceptors (Lipinski definition) is 9. The van der Waals surface area contributed by atoms with Crippen molar-refractivity contribution in [2.24, 2.45) is 0 Å². The van der Waals surface area contributed by atoms with Crippen molar-refractivity contribution in [3.63, 3.8) is 0 Å². The number of hydrogen-bond donors (Lipinski definition) is 0. The van der Waals surface area contributed by atoms with Crippen LogP contribution in [-0.2, 0) is 0 Å². The Balaban J connectivity index is 1.32. The van der Waals surface area contributed by atoms with Gasteiger partial charge in [-0.2, -0.15) is 0 Å². The van der Waals surface area contributed by atoms with E-state index in [0.29, 0.717) is 52.4 Å². The van der Waals surface area contributed by atoms with Gasteiger partial charge in [-0.3, -0.25) is 0 Å². The van der Waals surface area contributed by atoms with E-state index in [1.54, 1.807) is 0 Å². The predicted molar refractivity (Wildman–Crippen MR) is 153 cm³/mol. The molecule has 0 bridgehead atoms. The van der Waals surface area contributed by atoms with E-state index in [1.807, 2.05) is 107 Å². The highest BCUT2D eigenvalue weighted by molar-refractivity contribution is 5.69. The van der Waals surface area contributed by atoms with Gasteiger partial charge in [0.15, 0.2) is 29.1 Å². The Morgan fingerprint density at radius 2 is 0.625 bits per heavy atom. The van der Waals surface area contributed by atoms with Gasteiger partial charge in [-0.1, -0.05) is 72.8 Å². The summed E-state index contributed by atoms with van der Waals surface area (Å²) < 4.78 is 0. The molecule has 0 saturated carbocycles. The van der Waals surface area contributed by atoms with Gasteiger partial charge in [-0.25, -0.2) is 44.9 Å². The first-order valence-corrected chi connectivity index (χ1v) is 12.8. The van der Waals surface area contributed by atoms with Gasteiger partial charge < -0.3 is 0 Å². The maximum Gasteiger partial charge on any atom is 0.163 e. The molecule has 40 heavy (non-hydrogen) atoms. The normalized spacial score (nSPS) is 11.0. The third kappa shape index (κ3) is 5.30. The van der Waals surface area contributed by atoms with Gasteiger partial charge in [0.1, 0.15) is 23.3 Å². The molecule has 0 saturated heterocycles. The van der Waals surface area contributed by atoms with E-state index in [1.165, 1.54) is 0 Å². The van der Waals surface area contributed by atoms with Crippen LogP contribution in [0.1, 0.15) is 23.3 Å². The van der Waals surface area contributed by atoms with E-state index < -0.39 is 0 Å². The van der Waals surface area contributed by atoms with Crippen LogP contribution in [0.25, 0.3) is 56.9 Å². The number of aromatic nitrogens is 9. The molecule has 3 heterocycles. The first-order chi connectivity index (χ1) is 19.4. The minimum atomic E-state index is 0.580. The fourth-order valence-corrected chi connectivity index (χ4v) is 4.38. The molecule has 6 rings (SSSR count). The summed E-state index contributed by atoms with van der Waals surface area (Å²) in [4.78, 5) is 41.1. The lowest BCUT2D eigenvalue weighted by Gasteiger charge is -2.09. The average Bonchev–Trinajstić information content (AvgIpc) is 2.97. The molecule has 3 aromatic carbocycles. The van der Waals surface area contributed by atoms with Crippen molar-refractivity contribution in [1.29, 1.82) is 0 Å². The lowest BCUT2D eigenvalue weighted by atomic mass is 10.1. The van der Waals surface area contributed by atoms with Crippen molar-refractivity contribution < 1.29 is 0 Å². The van der Waals surface area contributed by atoms with Crippen molar-refractivity contribution in [1.82, 2.24) is 44.9 Å². The molecule has 0 unspecified atom stereocenters. The maximum absolute atomic E-state index is 4.80. The molecule has 0 spiro atoms.